The van der Waals surface area contributed by atoms with Crippen molar-refractivity contribution in [3.05, 3.63) is 36.3 Å². The average Bonchev–Trinajstić information content (AvgIpc) is 2.56. The minimum absolute atomic E-state index is 0.959. The van der Waals surface area contributed by atoms with Crippen LogP contribution in [0.5, 0.6) is 0 Å². The predicted molar refractivity (Wildman–Crippen MR) is 46.6 cm³/mol. The van der Waals surface area contributed by atoms with E-state index in [1.54, 1.807) is 6.20 Å². The number of nitrogens with one attached hydrogen (secondary N) is 1. The van der Waals surface area contributed by atoms with E-state index in [0.717, 1.165) is 17.0 Å². The van der Waals surface area contributed by atoms with Crippen LogP contribution in [0.25, 0.3) is 11.3 Å². The number of nitrogens with zero attached hydrogens (tertiary/aromatic N) is 2. The Kier molecular flexibility index (Phi) is 1.63. The van der Waals surface area contributed by atoms with Gasteiger partial charge in [0.25, 0.3) is 0 Å². The lowest BCUT2D eigenvalue weighted by atomic mass is 10.2. The van der Waals surface area contributed by atoms with Gasteiger partial charge < -0.3 is 0 Å². The Morgan fingerprint density at radius 2 is 2.25 bits per heavy atom. The maximum atomic E-state index is 4.11. The Balaban J connectivity index is 2.48. The highest BCUT2D eigenvalue weighted by atomic mass is 15.1. The summed E-state index contributed by atoms with van der Waals surface area (Å²) in [5.74, 6) is 0. The van der Waals surface area contributed by atoms with Gasteiger partial charge in [-0.1, -0.05) is 0 Å². The second kappa shape index (κ2) is 2.77. The van der Waals surface area contributed by atoms with Gasteiger partial charge in [0.05, 0.1) is 5.69 Å². The molecule has 0 unspecified atom stereocenters. The third-order valence-corrected chi connectivity index (χ3v) is 1.69. The van der Waals surface area contributed by atoms with Gasteiger partial charge >= 0.3 is 0 Å². The Morgan fingerprint density at radius 3 is 2.92 bits per heavy atom. The van der Waals surface area contributed by atoms with Gasteiger partial charge in [0.1, 0.15) is 0 Å². The molecule has 0 atom stereocenters. The van der Waals surface area contributed by atoms with E-state index in [-0.39, 0.29) is 0 Å². The van der Waals surface area contributed by atoms with E-state index < -0.39 is 0 Å². The van der Waals surface area contributed by atoms with Gasteiger partial charge in [0.2, 0.25) is 0 Å². The van der Waals surface area contributed by atoms with E-state index >= 15 is 0 Å². The number of rotatable bonds is 1. The molecule has 0 radical (unpaired) electrons. The highest BCUT2D eigenvalue weighted by Crippen LogP contribution is 2.15. The third kappa shape index (κ3) is 1.21. The summed E-state index contributed by atoms with van der Waals surface area (Å²) in [4.78, 5) is 4.11. The zero-order chi connectivity index (χ0) is 8.39. The molecule has 1 N–H and O–H groups in total. The molecular formula is C9H9N3. The molecule has 0 aliphatic rings. The van der Waals surface area contributed by atoms with Gasteiger partial charge in [-0.2, -0.15) is 5.10 Å². The number of pyridine rings is 1. The Morgan fingerprint density at radius 1 is 1.33 bits per heavy atom. The minimum Gasteiger partial charge on any atom is -0.285 e. The molecule has 60 valence electrons. The summed E-state index contributed by atoms with van der Waals surface area (Å²) in [6.07, 6.45) is 3.60. The first-order valence-electron chi connectivity index (χ1n) is 3.79. The summed E-state index contributed by atoms with van der Waals surface area (Å²) in [5, 5.41) is 6.85. The van der Waals surface area contributed by atoms with Crippen LogP contribution in [-0.2, 0) is 0 Å². The minimum atomic E-state index is 0.959. The van der Waals surface area contributed by atoms with Gasteiger partial charge in [-0.15, -0.1) is 0 Å². The first kappa shape index (κ1) is 7.03. The number of hydrogen-bond acceptors (Lipinski definition) is 2. The zero-order valence-electron chi connectivity index (χ0n) is 6.78. The van der Waals surface area contributed by atoms with E-state index in [1.807, 2.05) is 31.3 Å². The van der Waals surface area contributed by atoms with Crippen LogP contribution in [0.4, 0.5) is 0 Å². The highest BCUT2D eigenvalue weighted by Gasteiger charge is 1.98. The van der Waals surface area contributed by atoms with Crippen LogP contribution in [0, 0.1) is 6.92 Å². The summed E-state index contributed by atoms with van der Waals surface area (Å²) in [6, 6.07) is 5.90. The van der Waals surface area contributed by atoms with Crippen LogP contribution in [0.3, 0.4) is 0 Å². The molecule has 0 aliphatic carbocycles. The van der Waals surface area contributed by atoms with Crippen molar-refractivity contribution in [1.29, 1.82) is 0 Å². The lowest BCUT2D eigenvalue weighted by Gasteiger charge is -1.95. The van der Waals surface area contributed by atoms with E-state index in [4.69, 9.17) is 0 Å². The SMILES string of the molecule is Cc1cc(-c2cc[nH]n2)ccn1. The van der Waals surface area contributed by atoms with Crippen LogP contribution in [-0.4, -0.2) is 15.2 Å². The summed E-state index contributed by atoms with van der Waals surface area (Å²) >= 11 is 0. The summed E-state index contributed by atoms with van der Waals surface area (Å²) in [6.45, 7) is 1.97. The Labute approximate surface area is 70.5 Å². The molecule has 0 bridgehead atoms. The van der Waals surface area contributed by atoms with Gasteiger partial charge in [-0.05, 0) is 25.1 Å². The fourth-order valence-electron chi connectivity index (χ4n) is 1.13. The smallest absolute Gasteiger partial charge is 0.0921 e. The molecule has 3 nitrogen and oxygen atoms in total. The van der Waals surface area contributed by atoms with Crippen LogP contribution in [0.15, 0.2) is 30.6 Å². The number of hydrogen-bond donors (Lipinski definition) is 1. The fraction of sp³-hybridized carbons (Fsp3) is 0.111. The average molecular weight is 159 g/mol. The predicted octanol–water partition coefficient (Wildman–Crippen LogP) is 1.78. The molecule has 2 rings (SSSR count). The van der Waals surface area contributed by atoms with E-state index in [1.165, 1.54) is 0 Å². The first-order valence-corrected chi connectivity index (χ1v) is 3.79. The summed E-state index contributed by atoms with van der Waals surface area (Å²) < 4.78 is 0. The molecule has 0 spiro atoms. The van der Waals surface area contributed by atoms with Crippen LogP contribution in [0.2, 0.25) is 0 Å². The van der Waals surface area contributed by atoms with Gasteiger partial charge in [0.15, 0.2) is 0 Å². The number of aryl methyl sites for hydroxylation is 1. The first-order chi connectivity index (χ1) is 5.86. The zero-order valence-corrected chi connectivity index (χ0v) is 6.78. The van der Waals surface area contributed by atoms with Crippen molar-refractivity contribution >= 4 is 0 Å². The number of H-pyrrole nitrogens is 1. The molecule has 2 heterocycles. The van der Waals surface area contributed by atoms with Gasteiger partial charge in [-0.25, -0.2) is 0 Å². The van der Waals surface area contributed by atoms with Crippen LogP contribution < -0.4 is 0 Å². The van der Waals surface area contributed by atoms with Crippen molar-refractivity contribution in [2.24, 2.45) is 0 Å². The second-order valence-electron chi connectivity index (χ2n) is 2.65. The molecule has 2 aromatic heterocycles. The van der Waals surface area contributed by atoms with Gasteiger partial charge in [0, 0.05) is 23.7 Å². The fourth-order valence-corrected chi connectivity index (χ4v) is 1.13. The van der Waals surface area contributed by atoms with Crippen molar-refractivity contribution in [1.82, 2.24) is 15.2 Å². The second-order valence-corrected chi connectivity index (χ2v) is 2.65. The number of aromatic amines is 1. The van der Waals surface area contributed by atoms with Crippen molar-refractivity contribution < 1.29 is 0 Å². The van der Waals surface area contributed by atoms with Crippen molar-refractivity contribution in [2.75, 3.05) is 0 Å². The molecule has 3 heteroatoms. The summed E-state index contributed by atoms with van der Waals surface area (Å²) in [5.41, 5.74) is 3.07. The molecule has 0 fully saturated rings. The third-order valence-electron chi connectivity index (χ3n) is 1.69. The number of aromatic nitrogens is 3. The Hall–Kier alpha value is -1.64. The molecule has 0 aromatic carbocycles. The van der Waals surface area contributed by atoms with Crippen LogP contribution in [0.1, 0.15) is 5.69 Å². The monoisotopic (exact) mass is 159 g/mol. The van der Waals surface area contributed by atoms with Crippen molar-refractivity contribution in [3.8, 4) is 11.3 Å². The van der Waals surface area contributed by atoms with Crippen LogP contribution >= 0.6 is 0 Å². The molecule has 2 aromatic rings. The van der Waals surface area contributed by atoms with E-state index in [2.05, 4.69) is 15.2 Å². The molecule has 0 aliphatic heterocycles. The molecule has 0 amide bonds. The van der Waals surface area contributed by atoms with Crippen molar-refractivity contribution in [2.45, 2.75) is 6.92 Å². The topological polar surface area (TPSA) is 41.6 Å². The quantitative estimate of drug-likeness (QED) is 0.689. The van der Waals surface area contributed by atoms with E-state index in [9.17, 15) is 0 Å². The summed E-state index contributed by atoms with van der Waals surface area (Å²) in [7, 11) is 0. The standard InChI is InChI=1S/C9H9N3/c1-7-6-8(2-4-10-7)9-3-5-11-12-9/h2-6H,1H3,(H,11,12). The Bertz CT molecular complexity index is 365. The largest absolute Gasteiger partial charge is 0.285 e. The maximum absolute atomic E-state index is 4.11. The molecular weight excluding hydrogens is 150 g/mol. The molecule has 0 saturated carbocycles. The lowest BCUT2D eigenvalue weighted by molar-refractivity contribution is 1.09. The maximum Gasteiger partial charge on any atom is 0.0921 e. The molecule has 0 saturated heterocycles. The van der Waals surface area contributed by atoms with Gasteiger partial charge in [-0.3, -0.25) is 10.1 Å². The van der Waals surface area contributed by atoms with E-state index in [0.29, 0.717) is 0 Å². The molecule has 12 heavy (non-hydrogen) atoms. The highest BCUT2D eigenvalue weighted by molar-refractivity contribution is 5.58. The lowest BCUT2D eigenvalue weighted by Crippen LogP contribution is -1.82. The van der Waals surface area contributed by atoms with Crippen molar-refractivity contribution in [3.63, 3.8) is 0 Å². The normalized spacial score (nSPS) is 10.1.